The van der Waals surface area contributed by atoms with Crippen LogP contribution in [0.15, 0.2) is 63.6 Å². The number of aliphatic hydroxyl groups is 1. The molecule has 0 saturated carbocycles. The number of sulfone groups is 1. The van der Waals surface area contributed by atoms with Crippen LogP contribution in [0, 0.1) is 0 Å². The van der Waals surface area contributed by atoms with Gasteiger partial charge >= 0.3 is 7.12 Å². The molecule has 1 fully saturated rings. The van der Waals surface area contributed by atoms with E-state index in [1.807, 2.05) is 43.3 Å². The minimum atomic E-state index is -3.40. The largest absolute Gasteiger partial charge is 0.489 e. The molecule has 170 valence electrons. The lowest BCUT2D eigenvalue weighted by Gasteiger charge is -2.32. The van der Waals surface area contributed by atoms with Crippen LogP contribution in [0.25, 0.3) is 6.08 Å². The number of ether oxygens (including phenoxy) is 1. The molecule has 2 N–H and O–H groups in total. The zero-order valence-corrected chi connectivity index (χ0v) is 18.8. The average Bonchev–Trinajstić information content (AvgIpc) is 3.33. The van der Waals surface area contributed by atoms with Crippen LogP contribution in [-0.2, 0) is 21.1 Å². The number of benzene rings is 1. The second-order valence-electron chi connectivity index (χ2n) is 8.26. The molecule has 32 heavy (non-hydrogen) atoms. The Kier molecular flexibility index (Phi) is 6.90. The molecule has 0 bridgehead atoms. The van der Waals surface area contributed by atoms with Gasteiger partial charge in [0.2, 0.25) is 0 Å². The standard InChI is InChI=1S/C23H27BO7S/c1-16(11-19-8-9-20(13-25)30-19)7-10-21-23-17(14-29-18-5-3-2-4-6-18)15-32(27,28)22(23)12-24(26)31-21/h2-6,8-9,11,21-22,25-26H,7,10,12-15H2,1H3/b16-11+/t21-,22+/m1/s1. The molecule has 0 aliphatic carbocycles. The maximum absolute atomic E-state index is 12.8. The van der Waals surface area contributed by atoms with Crippen LogP contribution in [0.5, 0.6) is 5.75 Å². The van der Waals surface area contributed by atoms with E-state index < -0.39 is 28.3 Å². The van der Waals surface area contributed by atoms with E-state index in [4.69, 9.17) is 18.9 Å². The molecule has 0 radical (unpaired) electrons. The molecule has 2 aromatic rings. The van der Waals surface area contributed by atoms with Crippen molar-refractivity contribution in [3.05, 3.63) is 70.7 Å². The summed E-state index contributed by atoms with van der Waals surface area (Å²) < 4.78 is 42.8. The molecule has 1 saturated heterocycles. The highest BCUT2D eigenvalue weighted by Crippen LogP contribution is 2.39. The van der Waals surface area contributed by atoms with Gasteiger partial charge in [0, 0.05) is 6.32 Å². The number of furan rings is 1. The second kappa shape index (κ2) is 9.66. The van der Waals surface area contributed by atoms with Gasteiger partial charge in [-0.15, -0.1) is 0 Å². The fourth-order valence-electron chi connectivity index (χ4n) is 4.32. The van der Waals surface area contributed by atoms with Crippen LogP contribution in [0.2, 0.25) is 6.32 Å². The van der Waals surface area contributed by atoms with Crippen molar-refractivity contribution in [2.45, 2.75) is 44.0 Å². The molecular formula is C23H27BO7S. The van der Waals surface area contributed by atoms with Crippen molar-refractivity contribution in [1.29, 1.82) is 0 Å². The highest BCUT2D eigenvalue weighted by molar-refractivity contribution is 7.92. The normalized spacial score (nSPS) is 22.8. The molecular weight excluding hydrogens is 431 g/mol. The second-order valence-corrected chi connectivity index (χ2v) is 10.4. The Morgan fingerprint density at radius 1 is 1.25 bits per heavy atom. The lowest BCUT2D eigenvalue weighted by molar-refractivity contribution is 0.168. The number of aliphatic hydroxyl groups excluding tert-OH is 1. The number of hydrogen-bond donors (Lipinski definition) is 2. The van der Waals surface area contributed by atoms with Gasteiger partial charge < -0.3 is 23.9 Å². The lowest BCUT2D eigenvalue weighted by atomic mass is 9.74. The Hall–Kier alpha value is -2.33. The SMILES string of the molecule is C/C(=C\c1ccc(CO)o1)CC[C@H]1OB(O)C[C@H]2C1=C(COc1ccccc1)CS2(=O)=O. The number of allylic oxidation sites excluding steroid dienone is 1. The highest BCUT2D eigenvalue weighted by Gasteiger charge is 2.48. The average molecular weight is 458 g/mol. The molecule has 1 aromatic heterocycles. The van der Waals surface area contributed by atoms with Crippen LogP contribution in [0.3, 0.4) is 0 Å². The van der Waals surface area contributed by atoms with Gasteiger partial charge in [0.25, 0.3) is 0 Å². The van der Waals surface area contributed by atoms with Crippen molar-refractivity contribution >= 4 is 23.0 Å². The molecule has 2 aliphatic heterocycles. The Morgan fingerprint density at radius 3 is 2.75 bits per heavy atom. The predicted octanol–water partition coefficient (Wildman–Crippen LogP) is 3.01. The summed E-state index contributed by atoms with van der Waals surface area (Å²) in [5.74, 6) is 1.75. The van der Waals surface area contributed by atoms with Crippen molar-refractivity contribution in [1.82, 2.24) is 0 Å². The Labute approximate surface area is 188 Å². The molecule has 9 heteroatoms. The third-order valence-electron chi connectivity index (χ3n) is 5.83. The fraction of sp³-hybridized carbons (Fsp3) is 0.391. The van der Waals surface area contributed by atoms with Gasteiger partial charge in [0.1, 0.15) is 30.5 Å². The minimum Gasteiger partial charge on any atom is -0.489 e. The van der Waals surface area contributed by atoms with E-state index in [1.165, 1.54) is 0 Å². The van der Waals surface area contributed by atoms with Crippen LogP contribution < -0.4 is 4.74 Å². The van der Waals surface area contributed by atoms with Crippen molar-refractivity contribution in [2.75, 3.05) is 12.4 Å². The maximum Gasteiger partial charge on any atom is 0.456 e. The van der Waals surface area contributed by atoms with Gasteiger partial charge in [0.15, 0.2) is 9.84 Å². The summed E-state index contributed by atoms with van der Waals surface area (Å²) in [7, 11) is -4.51. The number of fused-ring (bicyclic) bond motifs is 1. The summed E-state index contributed by atoms with van der Waals surface area (Å²) in [6, 6.07) is 12.8. The predicted molar refractivity (Wildman–Crippen MR) is 122 cm³/mol. The Bertz CT molecular complexity index is 1100. The van der Waals surface area contributed by atoms with Crippen molar-refractivity contribution in [2.24, 2.45) is 0 Å². The fourth-order valence-corrected chi connectivity index (χ4v) is 6.42. The molecule has 2 aliphatic rings. The van der Waals surface area contributed by atoms with E-state index in [2.05, 4.69) is 0 Å². The van der Waals surface area contributed by atoms with Gasteiger partial charge in [-0.05, 0) is 61.3 Å². The van der Waals surface area contributed by atoms with Crippen LogP contribution in [0.1, 0.15) is 31.3 Å². The summed E-state index contributed by atoms with van der Waals surface area (Å²) in [6.45, 7) is 1.98. The molecule has 7 nitrogen and oxygen atoms in total. The molecule has 0 amide bonds. The zero-order valence-electron chi connectivity index (χ0n) is 17.9. The van der Waals surface area contributed by atoms with E-state index in [0.29, 0.717) is 30.1 Å². The molecule has 4 rings (SSSR count). The van der Waals surface area contributed by atoms with Gasteiger partial charge in [-0.3, -0.25) is 0 Å². The molecule has 0 spiro atoms. The van der Waals surface area contributed by atoms with E-state index in [0.717, 1.165) is 16.7 Å². The summed E-state index contributed by atoms with van der Waals surface area (Å²) in [5.41, 5.74) is 2.48. The summed E-state index contributed by atoms with van der Waals surface area (Å²) in [5, 5.41) is 18.6. The lowest BCUT2D eigenvalue weighted by Crippen LogP contribution is -2.42. The zero-order chi connectivity index (χ0) is 22.7. The first-order chi connectivity index (χ1) is 15.4. The van der Waals surface area contributed by atoms with E-state index in [9.17, 15) is 13.4 Å². The van der Waals surface area contributed by atoms with E-state index in [-0.39, 0.29) is 25.3 Å². The maximum atomic E-state index is 12.8. The Balaban J connectivity index is 1.51. The first-order valence-electron chi connectivity index (χ1n) is 10.7. The summed E-state index contributed by atoms with van der Waals surface area (Å²) >= 11 is 0. The van der Waals surface area contributed by atoms with Crippen molar-refractivity contribution < 1.29 is 32.4 Å². The van der Waals surface area contributed by atoms with E-state index in [1.54, 1.807) is 12.1 Å². The quantitative estimate of drug-likeness (QED) is 0.463. The molecule has 3 heterocycles. The number of hydrogen-bond acceptors (Lipinski definition) is 7. The molecule has 0 unspecified atom stereocenters. The smallest absolute Gasteiger partial charge is 0.456 e. The van der Waals surface area contributed by atoms with Crippen LogP contribution in [0.4, 0.5) is 0 Å². The third kappa shape index (κ3) is 5.18. The van der Waals surface area contributed by atoms with Gasteiger partial charge in [0.05, 0.1) is 17.1 Å². The first kappa shape index (κ1) is 22.9. The molecule has 2 atom stereocenters. The molecule has 1 aromatic carbocycles. The van der Waals surface area contributed by atoms with E-state index >= 15 is 0 Å². The summed E-state index contributed by atoms with van der Waals surface area (Å²) in [6.07, 6.45) is 2.60. The van der Waals surface area contributed by atoms with Crippen LogP contribution in [-0.4, -0.2) is 49.4 Å². The third-order valence-corrected chi connectivity index (χ3v) is 7.90. The van der Waals surface area contributed by atoms with Gasteiger partial charge in [-0.1, -0.05) is 23.8 Å². The minimum absolute atomic E-state index is 0.0498. The van der Waals surface area contributed by atoms with Gasteiger partial charge in [-0.25, -0.2) is 8.42 Å². The van der Waals surface area contributed by atoms with Crippen LogP contribution >= 0.6 is 0 Å². The first-order valence-corrected chi connectivity index (χ1v) is 12.4. The van der Waals surface area contributed by atoms with Crippen molar-refractivity contribution in [3.63, 3.8) is 0 Å². The number of rotatable bonds is 8. The highest BCUT2D eigenvalue weighted by atomic mass is 32.2. The van der Waals surface area contributed by atoms with Gasteiger partial charge in [-0.2, -0.15) is 0 Å². The number of para-hydroxylation sites is 1. The topological polar surface area (TPSA) is 106 Å². The summed E-state index contributed by atoms with van der Waals surface area (Å²) in [4.78, 5) is 0. The Morgan fingerprint density at radius 2 is 2.03 bits per heavy atom. The van der Waals surface area contributed by atoms with Crippen molar-refractivity contribution in [3.8, 4) is 5.75 Å². The monoisotopic (exact) mass is 458 g/mol.